The lowest BCUT2D eigenvalue weighted by Crippen LogP contribution is -2.63. The largest absolute Gasteiger partial charge is 0.480 e. The molecule has 3 aliphatic rings. The maximum Gasteiger partial charge on any atom is 0.326 e. The van der Waals surface area contributed by atoms with Gasteiger partial charge in [-0.25, -0.2) is 9.59 Å². The number of carboxylic acids is 1. The standard InChI is InChI=1S/C16H24N2O4/c1-2-5-12(15(20)21)17-9-14(19)13-8-10-6-3-4-7-11(10)18(13)16(17)22/h10-13H,2-9H2,1H3,(H,20,21)/t10-,11-,12?,13?/m0/s1. The van der Waals surface area contributed by atoms with Crippen LogP contribution in [0.3, 0.4) is 0 Å². The number of aliphatic carboxylic acids is 1. The van der Waals surface area contributed by atoms with Crippen LogP contribution in [0.5, 0.6) is 0 Å². The fourth-order valence-corrected chi connectivity index (χ4v) is 4.44. The Hall–Kier alpha value is -1.59. The molecule has 2 aliphatic heterocycles. The summed E-state index contributed by atoms with van der Waals surface area (Å²) in [6.07, 6.45) is 6.11. The van der Waals surface area contributed by atoms with Crippen molar-refractivity contribution < 1.29 is 19.5 Å². The molecular formula is C16H24N2O4. The van der Waals surface area contributed by atoms with E-state index < -0.39 is 12.0 Å². The Morgan fingerprint density at radius 3 is 2.73 bits per heavy atom. The molecule has 2 heterocycles. The second kappa shape index (κ2) is 5.89. The monoisotopic (exact) mass is 308 g/mol. The molecule has 122 valence electrons. The van der Waals surface area contributed by atoms with Crippen molar-refractivity contribution in [2.45, 2.75) is 70.0 Å². The molecule has 0 aromatic heterocycles. The van der Waals surface area contributed by atoms with Crippen molar-refractivity contribution in [2.75, 3.05) is 6.54 Å². The molecule has 0 aromatic carbocycles. The van der Waals surface area contributed by atoms with Gasteiger partial charge < -0.3 is 14.9 Å². The fourth-order valence-electron chi connectivity index (χ4n) is 4.44. The van der Waals surface area contributed by atoms with Gasteiger partial charge in [-0.15, -0.1) is 0 Å². The minimum Gasteiger partial charge on any atom is -0.480 e. The Morgan fingerprint density at radius 1 is 1.32 bits per heavy atom. The minimum absolute atomic E-state index is 0.0105. The van der Waals surface area contributed by atoms with Crippen LogP contribution in [-0.4, -0.2) is 57.4 Å². The van der Waals surface area contributed by atoms with Crippen molar-refractivity contribution in [2.24, 2.45) is 5.92 Å². The van der Waals surface area contributed by atoms with Crippen molar-refractivity contribution in [1.29, 1.82) is 0 Å². The molecule has 22 heavy (non-hydrogen) atoms. The molecule has 2 amide bonds. The number of hydrogen-bond acceptors (Lipinski definition) is 3. The highest BCUT2D eigenvalue weighted by Gasteiger charge is 2.52. The molecule has 3 fully saturated rings. The molecular weight excluding hydrogens is 284 g/mol. The zero-order valence-corrected chi connectivity index (χ0v) is 13.0. The summed E-state index contributed by atoms with van der Waals surface area (Å²) >= 11 is 0. The fraction of sp³-hybridized carbons (Fsp3) is 0.812. The predicted octanol–water partition coefficient (Wildman–Crippen LogP) is 1.88. The van der Waals surface area contributed by atoms with E-state index in [1.807, 2.05) is 6.92 Å². The number of fused-ring (bicyclic) bond motifs is 3. The number of amides is 2. The van der Waals surface area contributed by atoms with E-state index >= 15 is 0 Å². The zero-order valence-electron chi connectivity index (χ0n) is 13.0. The van der Waals surface area contributed by atoms with Gasteiger partial charge in [-0.2, -0.15) is 0 Å². The summed E-state index contributed by atoms with van der Waals surface area (Å²) in [6, 6.07) is -1.30. The third-order valence-corrected chi connectivity index (χ3v) is 5.48. The number of ketones is 1. The van der Waals surface area contributed by atoms with Gasteiger partial charge in [-0.05, 0) is 31.6 Å². The van der Waals surface area contributed by atoms with E-state index in [-0.39, 0.29) is 30.4 Å². The molecule has 6 nitrogen and oxygen atoms in total. The number of carbonyl (C=O) groups is 3. The number of carbonyl (C=O) groups excluding carboxylic acids is 2. The summed E-state index contributed by atoms with van der Waals surface area (Å²) in [6.45, 7) is 1.85. The lowest BCUT2D eigenvalue weighted by Gasteiger charge is -2.42. The van der Waals surface area contributed by atoms with Crippen LogP contribution in [-0.2, 0) is 9.59 Å². The highest BCUT2D eigenvalue weighted by molar-refractivity contribution is 5.98. The molecule has 2 saturated heterocycles. The SMILES string of the molecule is CCCC(C(=O)O)N1CC(=O)C2C[C@@H]3CCCC[C@@H]3N2C1=O. The Morgan fingerprint density at radius 2 is 2.05 bits per heavy atom. The quantitative estimate of drug-likeness (QED) is 0.860. The van der Waals surface area contributed by atoms with Crippen LogP contribution in [0, 0.1) is 5.92 Å². The normalized spacial score (nSPS) is 32.7. The maximum absolute atomic E-state index is 12.9. The lowest BCUT2D eigenvalue weighted by molar-refractivity contribution is -0.144. The van der Waals surface area contributed by atoms with Crippen LogP contribution in [0.1, 0.15) is 51.9 Å². The minimum atomic E-state index is -1.01. The van der Waals surface area contributed by atoms with E-state index in [0.29, 0.717) is 18.8 Å². The van der Waals surface area contributed by atoms with Gasteiger partial charge in [0, 0.05) is 6.04 Å². The van der Waals surface area contributed by atoms with E-state index in [1.54, 1.807) is 4.90 Å². The molecule has 0 spiro atoms. The molecule has 0 bridgehead atoms. The van der Waals surface area contributed by atoms with Gasteiger partial charge in [0.2, 0.25) is 0 Å². The predicted molar refractivity (Wildman–Crippen MR) is 79.4 cm³/mol. The van der Waals surface area contributed by atoms with Gasteiger partial charge in [0.05, 0.1) is 12.6 Å². The Kier molecular flexibility index (Phi) is 4.10. The van der Waals surface area contributed by atoms with Crippen LogP contribution < -0.4 is 0 Å². The smallest absolute Gasteiger partial charge is 0.326 e. The Labute approximate surface area is 130 Å². The second-order valence-corrected chi connectivity index (χ2v) is 6.79. The van der Waals surface area contributed by atoms with E-state index in [1.165, 1.54) is 11.3 Å². The first-order valence-electron chi connectivity index (χ1n) is 8.39. The topological polar surface area (TPSA) is 77.9 Å². The van der Waals surface area contributed by atoms with Crippen LogP contribution >= 0.6 is 0 Å². The van der Waals surface area contributed by atoms with Gasteiger partial charge in [-0.3, -0.25) is 4.79 Å². The number of rotatable bonds is 4. The highest BCUT2D eigenvalue weighted by atomic mass is 16.4. The van der Waals surface area contributed by atoms with Crippen molar-refractivity contribution in [3.8, 4) is 0 Å². The van der Waals surface area contributed by atoms with E-state index in [9.17, 15) is 19.5 Å². The van der Waals surface area contributed by atoms with Gasteiger partial charge in [-0.1, -0.05) is 26.2 Å². The number of urea groups is 1. The first-order valence-corrected chi connectivity index (χ1v) is 8.39. The number of Topliss-reactive ketones (excluding diaryl/α,β-unsaturated/α-hetero) is 1. The zero-order chi connectivity index (χ0) is 15.9. The van der Waals surface area contributed by atoms with Gasteiger partial charge >= 0.3 is 12.0 Å². The summed E-state index contributed by atoms with van der Waals surface area (Å²) in [4.78, 5) is 39.9. The molecule has 0 radical (unpaired) electrons. The van der Waals surface area contributed by atoms with Crippen LogP contribution in [0.2, 0.25) is 0 Å². The van der Waals surface area contributed by atoms with Crippen LogP contribution in [0.15, 0.2) is 0 Å². The van der Waals surface area contributed by atoms with Crippen molar-refractivity contribution in [1.82, 2.24) is 9.80 Å². The number of nitrogens with zero attached hydrogens (tertiary/aromatic N) is 2. The molecule has 6 heteroatoms. The average molecular weight is 308 g/mol. The molecule has 3 rings (SSSR count). The number of hydrogen-bond donors (Lipinski definition) is 1. The third-order valence-electron chi connectivity index (χ3n) is 5.48. The highest BCUT2D eigenvalue weighted by Crippen LogP contribution is 2.42. The summed E-state index contributed by atoms with van der Waals surface area (Å²) in [7, 11) is 0. The summed E-state index contributed by atoms with van der Waals surface area (Å²) < 4.78 is 0. The van der Waals surface area contributed by atoms with Gasteiger partial charge in [0.15, 0.2) is 5.78 Å². The third kappa shape index (κ3) is 2.38. The summed E-state index contributed by atoms with van der Waals surface area (Å²) in [5, 5.41) is 9.41. The Balaban J connectivity index is 1.86. The Bertz CT molecular complexity index is 493. The first-order chi connectivity index (χ1) is 10.5. The molecule has 0 aromatic rings. The molecule has 1 aliphatic carbocycles. The second-order valence-electron chi connectivity index (χ2n) is 6.79. The van der Waals surface area contributed by atoms with Gasteiger partial charge in [0.1, 0.15) is 6.04 Å². The van der Waals surface area contributed by atoms with Crippen molar-refractivity contribution in [3.05, 3.63) is 0 Å². The van der Waals surface area contributed by atoms with Crippen LogP contribution in [0.4, 0.5) is 4.79 Å². The van der Waals surface area contributed by atoms with Crippen LogP contribution in [0.25, 0.3) is 0 Å². The van der Waals surface area contributed by atoms with Crippen molar-refractivity contribution >= 4 is 17.8 Å². The molecule has 1 N–H and O–H groups in total. The number of carboxylic acid groups (broad SMARTS) is 1. The van der Waals surface area contributed by atoms with Crippen molar-refractivity contribution in [3.63, 3.8) is 0 Å². The molecule has 4 atom stereocenters. The average Bonchev–Trinajstić information content (AvgIpc) is 2.89. The first kappa shape index (κ1) is 15.3. The summed E-state index contributed by atoms with van der Waals surface area (Å²) in [5.41, 5.74) is 0. The van der Waals surface area contributed by atoms with E-state index in [4.69, 9.17) is 0 Å². The van der Waals surface area contributed by atoms with Gasteiger partial charge in [0.25, 0.3) is 0 Å². The summed E-state index contributed by atoms with van der Waals surface area (Å²) in [5.74, 6) is -0.585. The van der Waals surface area contributed by atoms with E-state index in [2.05, 4.69) is 0 Å². The molecule has 1 saturated carbocycles. The lowest BCUT2D eigenvalue weighted by atomic mass is 9.84. The maximum atomic E-state index is 12.9. The van der Waals surface area contributed by atoms with E-state index in [0.717, 1.165) is 25.7 Å². The molecule has 2 unspecified atom stereocenters.